The molecule has 8 nitrogen and oxygen atoms in total. The number of benzene rings is 2. The van der Waals surface area contributed by atoms with Gasteiger partial charge in [-0.3, -0.25) is 0 Å². The second kappa shape index (κ2) is 7.01. The summed E-state index contributed by atoms with van der Waals surface area (Å²) in [7, 11) is 0. The van der Waals surface area contributed by atoms with Gasteiger partial charge in [-0.2, -0.15) is 4.68 Å². The molecule has 0 atom stereocenters. The highest BCUT2D eigenvalue weighted by Gasteiger charge is 2.15. The molecule has 0 radical (unpaired) electrons. The molecule has 9 heteroatoms. The number of thioether (sulfide) groups is 1. The van der Waals surface area contributed by atoms with Crippen molar-refractivity contribution in [1.29, 1.82) is 0 Å². The molecule has 0 saturated heterocycles. The van der Waals surface area contributed by atoms with Crippen LogP contribution in [0.5, 0.6) is 0 Å². The summed E-state index contributed by atoms with van der Waals surface area (Å²) in [4.78, 5) is 4.76. The van der Waals surface area contributed by atoms with Gasteiger partial charge in [-0.05, 0) is 35.5 Å². The fraction of sp³-hybridized carbons (Fsp3) is 0.158. The predicted octanol–water partition coefficient (Wildman–Crippen LogP) is 3.27. The maximum absolute atomic E-state index is 4.76. The summed E-state index contributed by atoms with van der Waals surface area (Å²) in [5.74, 6) is 1.28. The van der Waals surface area contributed by atoms with E-state index in [1.165, 1.54) is 11.8 Å². The topological polar surface area (TPSA) is 87.2 Å². The summed E-state index contributed by atoms with van der Waals surface area (Å²) in [6.07, 6.45) is 0. The molecule has 0 amide bonds. The molecule has 0 aliphatic rings. The van der Waals surface area contributed by atoms with Gasteiger partial charge in [0.2, 0.25) is 5.16 Å². The van der Waals surface area contributed by atoms with E-state index in [1.54, 1.807) is 4.68 Å². The maximum atomic E-state index is 4.76. The van der Waals surface area contributed by atoms with E-state index in [1.807, 2.05) is 42.5 Å². The molecule has 0 unspecified atom stereocenters. The van der Waals surface area contributed by atoms with Gasteiger partial charge in [-0.25, -0.2) is 4.98 Å². The predicted molar refractivity (Wildman–Crippen MR) is 107 cm³/mol. The molecule has 5 aromatic rings. The van der Waals surface area contributed by atoms with E-state index in [4.69, 9.17) is 4.98 Å². The van der Waals surface area contributed by atoms with Crippen molar-refractivity contribution in [2.24, 2.45) is 0 Å². The van der Waals surface area contributed by atoms with Crippen molar-refractivity contribution in [3.05, 3.63) is 60.4 Å². The summed E-state index contributed by atoms with van der Waals surface area (Å²) >= 11 is 1.47. The number of hydrogen-bond acceptors (Lipinski definition) is 7. The molecule has 3 aromatic heterocycles. The molecule has 0 aliphatic heterocycles. The number of rotatable bonds is 5. The third-order valence-corrected chi connectivity index (χ3v) is 5.37. The Labute approximate surface area is 164 Å². The van der Waals surface area contributed by atoms with E-state index in [0.29, 0.717) is 10.9 Å². The Bertz CT molecular complexity index is 1260. The highest BCUT2D eigenvalue weighted by Crippen LogP contribution is 2.27. The molecule has 0 bridgehead atoms. The minimum Gasteiger partial charge on any atom is -0.324 e. The number of tetrazole rings is 1. The molecule has 3 heterocycles. The summed E-state index contributed by atoms with van der Waals surface area (Å²) in [6, 6.07) is 18.0. The van der Waals surface area contributed by atoms with Gasteiger partial charge in [0.1, 0.15) is 5.52 Å². The molecule has 0 spiro atoms. The van der Waals surface area contributed by atoms with Gasteiger partial charge >= 0.3 is 0 Å². The standard InChI is InChI=1S/C19H16N8S/c1-2-26-15-11-7-6-10-14(15)17-18(26)20-19(23-22-17)28-12-16-21-24-25-27(16)13-8-4-3-5-9-13/h3-11H,2,12H2,1H3. The van der Waals surface area contributed by atoms with Crippen molar-refractivity contribution in [2.45, 2.75) is 24.4 Å². The first-order valence-electron chi connectivity index (χ1n) is 8.92. The van der Waals surface area contributed by atoms with Crippen LogP contribution in [-0.4, -0.2) is 40.0 Å². The molecule has 0 saturated carbocycles. The Kier molecular flexibility index (Phi) is 4.21. The van der Waals surface area contributed by atoms with Crippen molar-refractivity contribution in [3.63, 3.8) is 0 Å². The van der Waals surface area contributed by atoms with E-state index in [0.717, 1.165) is 40.1 Å². The molecule has 0 fully saturated rings. The minimum absolute atomic E-state index is 0.543. The van der Waals surface area contributed by atoms with E-state index < -0.39 is 0 Å². The molecule has 0 N–H and O–H groups in total. The monoisotopic (exact) mass is 388 g/mol. The quantitative estimate of drug-likeness (QED) is 0.427. The van der Waals surface area contributed by atoms with Crippen molar-refractivity contribution in [1.82, 2.24) is 40.0 Å². The second-order valence-corrected chi connectivity index (χ2v) is 7.10. The van der Waals surface area contributed by atoms with Crippen LogP contribution in [0.15, 0.2) is 59.8 Å². The number of aromatic nitrogens is 8. The van der Waals surface area contributed by atoms with Crippen LogP contribution in [0.25, 0.3) is 27.8 Å². The van der Waals surface area contributed by atoms with Gasteiger partial charge in [0, 0.05) is 11.9 Å². The lowest BCUT2D eigenvalue weighted by atomic mass is 10.2. The van der Waals surface area contributed by atoms with Crippen LogP contribution in [0.3, 0.4) is 0 Å². The fourth-order valence-corrected chi connectivity index (χ4v) is 3.95. The minimum atomic E-state index is 0.543. The molecular weight excluding hydrogens is 372 g/mol. The molecule has 28 heavy (non-hydrogen) atoms. The van der Waals surface area contributed by atoms with Crippen LogP contribution in [0.2, 0.25) is 0 Å². The van der Waals surface area contributed by atoms with E-state index in [-0.39, 0.29) is 0 Å². The molecule has 0 aliphatic carbocycles. The SMILES string of the molecule is CCn1c2ccccc2c2nnc(SCc3nnnn3-c3ccccc3)nc21. The van der Waals surface area contributed by atoms with Gasteiger partial charge in [0.05, 0.1) is 17.0 Å². The number of fused-ring (bicyclic) bond motifs is 3. The van der Waals surface area contributed by atoms with Crippen molar-refractivity contribution in [3.8, 4) is 5.69 Å². The lowest BCUT2D eigenvalue weighted by Gasteiger charge is -2.04. The lowest BCUT2D eigenvalue weighted by molar-refractivity contribution is 0.776. The van der Waals surface area contributed by atoms with Crippen LogP contribution in [0.4, 0.5) is 0 Å². The normalized spacial score (nSPS) is 11.5. The zero-order valence-corrected chi connectivity index (χ0v) is 15.9. The molecule has 5 rings (SSSR count). The first-order chi connectivity index (χ1) is 13.8. The van der Waals surface area contributed by atoms with Crippen LogP contribution in [-0.2, 0) is 12.3 Å². The van der Waals surface area contributed by atoms with Crippen LogP contribution >= 0.6 is 11.8 Å². The van der Waals surface area contributed by atoms with E-state index >= 15 is 0 Å². The zero-order valence-electron chi connectivity index (χ0n) is 15.1. The third kappa shape index (κ3) is 2.80. The highest BCUT2D eigenvalue weighted by molar-refractivity contribution is 7.98. The molecule has 138 valence electrons. The van der Waals surface area contributed by atoms with Crippen molar-refractivity contribution in [2.75, 3.05) is 0 Å². The first-order valence-corrected chi connectivity index (χ1v) is 9.91. The maximum Gasteiger partial charge on any atom is 0.211 e. The Morgan fingerprint density at radius 3 is 2.61 bits per heavy atom. The summed E-state index contributed by atoms with van der Waals surface area (Å²) in [6.45, 7) is 2.92. The first kappa shape index (κ1) is 16.8. The molecule has 2 aromatic carbocycles. The van der Waals surface area contributed by atoms with Crippen LogP contribution in [0, 0.1) is 0 Å². The van der Waals surface area contributed by atoms with Crippen molar-refractivity contribution < 1.29 is 0 Å². The highest BCUT2D eigenvalue weighted by atomic mass is 32.2. The van der Waals surface area contributed by atoms with Gasteiger partial charge in [-0.15, -0.1) is 15.3 Å². The Morgan fingerprint density at radius 2 is 1.75 bits per heavy atom. The zero-order chi connectivity index (χ0) is 18.9. The summed E-state index contributed by atoms with van der Waals surface area (Å²) in [5, 5.41) is 22.5. The number of hydrogen-bond donors (Lipinski definition) is 0. The third-order valence-electron chi connectivity index (χ3n) is 4.54. The van der Waals surface area contributed by atoms with Gasteiger partial charge in [-0.1, -0.05) is 48.2 Å². The number of nitrogens with zero attached hydrogens (tertiary/aromatic N) is 8. The Morgan fingerprint density at radius 1 is 0.929 bits per heavy atom. The molecular formula is C19H16N8S. The average Bonchev–Trinajstić information content (AvgIpc) is 3.35. The van der Waals surface area contributed by atoms with Crippen molar-refractivity contribution >= 4 is 33.8 Å². The summed E-state index contributed by atoms with van der Waals surface area (Å²) < 4.78 is 3.89. The van der Waals surface area contributed by atoms with Gasteiger partial charge in [0.15, 0.2) is 11.5 Å². The summed E-state index contributed by atoms with van der Waals surface area (Å²) in [5.41, 5.74) is 3.72. The van der Waals surface area contributed by atoms with Crippen LogP contribution in [0.1, 0.15) is 12.7 Å². The number of para-hydroxylation sites is 2. The fourth-order valence-electron chi connectivity index (χ4n) is 3.27. The smallest absolute Gasteiger partial charge is 0.211 e. The Balaban J connectivity index is 1.47. The van der Waals surface area contributed by atoms with Crippen LogP contribution < -0.4 is 0 Å². The average molecular weight is 388 g/mol. The Hall–Kier alpha value is -3.33. The number of aryl methyl sites for hydroxylation is 1. The van der Waals surface area contributed by atoms with Gasteiger partial charge in [0.25, 0.3) is 0 Å². The second-order valence-electron chi connectivity index (χ2n) is 6.16. The largest absolute Gasteiger partial charge is 0.324 e. The van der Waals surface area contributed by atoms with Gasteiger partial charge < -0.3 is 4.57 Å². The van der Waals surface area contributed by atoms with E-state index in [9.17, 15) is 0 Å². The van der Waals surface area contributed by atoms with E-state index in [2.05, 4.69) is 49.3 Å². The lowest BCUT2D eigenvalue weighted by Crippen LogP contribution is -2.03.